The van der Waals surface area contributed by atoms with Gasteiger partial charge in [-0.2, -0.15) is 0 Å². The predicted octanol–water partition coefficient (Wildman–Crippen LogP) is 2.43. The van der Waals surface area contributed by atoms with Crippen LogP contribution < -0.4 is 0 Å². The molecule has 2 aliphatic carbocycles. The maximum Gasteiger partial charge on any atom is 0.340 e. The Kier molecular flexibility index (Phi) is 1.99. The Labute approximate surface area is 96.5 Å². The molecular weight excluding hydrogens is 204 g/mol. The van der Waals surface area contributed by atoms with Gasteiger partial charge in [-0.3, -0.25) is 0 Å². The highest BCUT2D eigenvalue weighted by Crippen LogP contribution is 2.71. The Morgan fingerprint density at radius 2 is 1.75 bits per heavy atom. The van der Waals surface area contributed by atoms with Crippen molar-refractivity contribution < 1.29 is 14.3 Å². The summed E-state index contributed by atoms with van der Waals surface area (Å²) >= 11 is 0. The number of carbonyl (C=O) groups excluding carboxylic acids is 1. The Morgan fingerprint density at radius 3 is 2.38 bits per heavy atom. The van der Waals surface area contributed by atoms with Gasteiger partial charge in [0, 0.05) is 5.41 Å². The second kappa shape index (κ2) is 3.00. The van der Waals surface area contributed by atoms with Crippen LogP contribution in [0.5, 0.6) is 0 Å². The predicted molar refractivity (Wildman–Crippen MR) is 59.0 cm³/mol. The number of hydrogen-bond donors (Lipinski definition) is 0. The standard InChI is InChI=1S/C13H20O3/c1-11(10(14)15-2)13(16-11)9-5-8-12(13)6-3-4-7-12/h3-9H2,1-2H3. The monoisotopic (exact) mass is 224 g/mol. The molecule has 0 aromatic rings. The van der Waals surface area contributed by atoms with Crippen LogP contribution in [0.1, 0.15) is 51.9 Å². The van der Waals surface area contributed by atoms with E-state index >= 15 is 0 Å². The van der Waals surface area contributed by atoms with E-state index in [4.69, 9.17) is 9.47 Å². The minimum Gasteiger partial charge on any atom is -0.467 e. The van der Waals surface area contributed by atoms with E-state index in [2.05, 4.69) is 0 Å². The number of ether oxygens (including phenoxy) is 2. The van der Waals surface area contributed by atoms with Crippen LogP contribution in [0.3, 0.4) is 0 Å². The largest absolute Gasteiger partial charge is 0.467 e. The summed E-state index contributed by atoms with van der Waals surface area (Å²) in [6, 6.07) is 0. The first-order chi connectivity index (χ1) is 7.60. The van der Waals surface area contributed by atoms with Crippen molar-refractivity contribution in [1.82, 2.24) is 0 Å². The molecule has 2 atom stereocenters. The summed E-state index contributed by atoms with van der Waals surface area (Å²) in [4.78, 5) is 11.8. The van der Waals surface area contributed by atoms with Gasteiger partial charge in [0.25, 0.3) is 0 Å². The first kappa shape index (κ1) is 10.6. The van der Waals surface area contributed by atoms with Gasteiger partial charge in [-0.05, 0) is 39.0 Å². The summed E-state index contributed by atoms with van der Waals surface area (Å²) < 4.78 is 10.9. The maximum absolute atomic E-state index is 11.8. The normalized spacial score (nSPS) is 44.1. The van der Waals surface area contributed by atoms with Gasteiger partial charge in [-0.1, -0.05) is 12.8 Å². The van der Waals surface area contributed by atoms with Gasteiger partial charge in [0.05, 0.1) is 7.11 Å². The van der Waals surface area contributed by atoms with Crippen LogP contribution in [-0.4, -0.2) is 24.3 Å². The zero-order valence-electron chi connectivity index (χ0n) is 10.2. The molecule has 0 radical (unpaired) electrons. The number of carbonyl (C=O) groups is 1. The summed E-state index contributed by atoms with van der Waals surface area (Å²) in [5.41, 5.74) is -0.540. The topological polar surface area (TPSA) is 38.8 Å². The summed E-state index contributed by atoms with van der Waals surface area (Å²) in [5, 5.41) is 0. The van der Waals surface area contributed by atoms with E-state index in [1.54, 1.807) is 0 Å². The highest BCUT2D eigenvalue weighted by atomic mass is 16.7. The average molecular weight is 224 g/mol. The molecular formula is C13H20O3. The van der Waals surface area contributed by atoms with Crippen LogP contribution in [0.4, 0.5) is 0 Å². The fourth-order valence-corrected chi connectivity index (χ4v) is 4.48. The van der Waals surface area contributed by atoms with Crippen molar-refractivity contribution in [2.45, 2.75) is 63.1 Å². The van der Waals surface area contributed by atoms with E-state index < -0.39 is 5.60 Å². The number of methoxy groups -OCH3 is 1. The molecule has 0 bridgehead atoms. The molecule has 2 spiro atoms. The average Bonchev–Trinajstić information content (AvgIpc) is 2.70. The van der Waals surface area contributed by atoms with Crippen LogP contribution in [0.25, 0.3) is 0 Å². The van der Waals surface area contributed by atoms with E-state index in [9.17, 15) is 4.79 Å². The zero-order chi connectivity index (χ0) is 11.4. The Balaban J connectivity index is 1.93. The van der Waals surface area contributed by atoms with Crippen LogP contribution in [-0.2, 0) is 14.3 Å². The second-order valence-corrected chi connectivity index (χ2v) is 5.79. The lowest BCUT2D eigenvalue weighted by atomic mass is 9.70. The van der Waals surface area contributed by atoms with E-state index in [-0.39, 0.29) is 17.0 Å². The maximum atomic E-state index is 11.8. The molecule has 1 heterocycles. The molecule has 90 valence electrons. The first-order valence-corrected chi connectivity index (χ1v) is 6.39. The lowest BCUT2D eigenvalue weighted by Gasteiger charge is -2.30. The molecule has 16 heavy (non-hydrogen) atoms. The highest BCUT2D eigenvalue weighted by molar-refractivity contribution is 5.84. The van der Waals surface area contributed by atoms with Crippen molar-refractivity contribution in [3.8, 4) is 0 Å². The molecule has 2 saturated carbocycles. The minimum atomic E-state index is -0.650. The number of rotatable bonds is 1. The zero-order valence-corrected chi connectivity index (χ0v) is 10.2. The van der Waals surface area contributed by atoms with Crippen LogP contribution in [0.15, 0.2) is 0 Å². The quantitative estimate of drug-likeness (QED) is 0.507. The van der Waals surface area contributed by atoms with Gasteiger partial charge >= 0.3 is 5.97 Å². The molecule has 3 heteroatoms. The summed E-state index contributed by atoms with van der Waals surface area (Å²) in [6.45, 7) is 1.92. The first-order valence-electron chi connectivity index (χ1n) is 6.39. The van der Waals surface area contributed by atoms with Gasteiger partial charge in [-0.25, -0.2) is 4.79 Å². The third kappa shape index (κ3) is 0.963. The lowest BCUT2D eigenvalue weighted by Crippen LogP contribution is -2.41. The minimum absolute atomic E-state index is 0.177. The molecule has 0 aromatic heterocycles. The van der Waals surface area contributed by atoms with Gasteiger partial charge in [0.1, 0.15) is 5.60 Å². The summed E-state index contributed by atoms with van der Waals surface area (Å²) in [6.07, 6.45) is 8.54. The van der Waals surface area contributed by atoms with E-state index in [0.29, 0.717) is 0 Å². The molecule has 0 amide bonds. The number of epoxide rings is 1. The third-order valence-electron chi connectivity index (χ3n) is 5.28. The highest BCUT2D eigenvalue weighted by Gasteiger charge is 2.81. The van der Waals surface area contributed by atoms with Gasteiger partial charge in [0.2, 0.25) is 0 Å². The van der Waals surface area contributed by atoms with E-state index in [0.717, 1.165) is 6.42 Å². The Hall–Kier alpha value is -0.570. The van der Waals surface area contributed by atoms with E-state index in [1.165, 1.54) is 45.6 Å². The van der Waals surface area contributed by atoms with Gasteiger partial charge < -0.3 is 9.47 Å². The van der Waals surface area contributed by atoms with Gasteiger partial charge in [0.15, 0.2) is 5.60 Å². The summed E-state index contributed by atoms with van der Waals surface area (Å²) in [7, 11) is 1.46. The Morgan fingerprint density at radius 1 is 1.12 bits per heavy atom. The molecule has 2 unspecified atom stereocenters. The van der Waals surface area contributed by atoms with Crippen molar-refractivity contribution in [2.75, 3.05) is 7.11 Å². The molecule has 1 saturated heterocycles. The van der Waals surface area contributed by atoms with Crippen LogP contribution >= 0.6 is 0 Å². The molecule has 3 aliphatic rings. The molecule has 1 aliphatic heterocycles. The second-order valence-electron chi connectivity index (χ2n) is 5.79. The van der Waals surface area contributed by atoms with Gasteiger partial charge in [-0.15, -0.1) is 0 Å². The molecule has 0 N–H and O–H groups in total. The van der Waals surface area contributed by atoms with Crippen molar-refractivity contribution in [1.29, 1.82) is 0 Å². The van der Waals surface area contributed by atoms with Crippen LogP contribution in [0, 0.1) is 5.41 Å². The number of fused-ring (bicyclic) bond motifs is 1. The fraction of sp³-hybridized carbons (Fsp3) is 0.923. The molecule has 3 nitrogen and oxygen atoms in total. The van der Waals surface area contributed by atoms with Crippen molar-refractivity contribution in [3.63, 3.8) is 0 Å². The van der Waals surface area contributed by atoms with Crippen LogP contribution in [0.2, 0.25) is 0 Å². The molecule has 3 fully saturated rings. The van der Waals surface area contributed by atoms with Crippen molar-refractivity contribution >= 4 is 5.97 Å². The number of hydrogen-bond acceptors (Lipinski definition) is 3. The van der Waals surface area contributed by atoms with Crippen molar-refractivity contribution in [2.24, 2.45) is 5.41 Å². The van der Waals surface area contributed by atoms with Crippen molar-refractivity contribution in [3.05, 3.63) is 0 Å². The smallest absolute Gasteiger partial charge is 0.340 e. The fourth-order valence-electron chi connectivity index (χ4n) is 4.48. The number of esters is 1. The third-order valence-corrected chi connectivity index (χ3v) is 5.28. The van der Waals surface area contributed by atoms with E-state index in [1.807, 2.05) is 6.92 Å². The SMILES string of the molecule is COC(=O)C1(C)OC12CCCC21CCCC1. The molecule has 0 aromatic carbocycles. The Bertz CT molecular complexity index is 327. The lowest BCUT2D eigenvalue weighted by molar-refractivity contribution is -0.146. The summed E-state index contributed by atoms with van der Waals surface area (Å²) in [5.74, 6) is -0.180. The molecule has 3 rings (SSSR count).